The maximum absolute atomic E-state index is 13.6. The van der Waals surface area contributed by atoms with Crippen LogP contribution in [0.3, 0.4) is 0 Å². The average molecular weight is 449 g/mol. The van der Waals surface area contributed by atoms with Crippen molar-refractivity contribution in [1.29, 1.82) is 0 Å². The molecule has 3 aromatic rings. The van der Waals surface area contributed by atoms with E-state index >= 15 is 0 Å². The summed E-state index contributed by atoms with van der Waals surface area (Å²) in [5.41, 5.74) is 8.59. The highest BCUT2D eigenvalue weighted by Crippen LogP contribution is 2.28. The van der Waals surface area contributed by atoms with Crippen molar-refractivity contribution in [3.05, 3.63) is 52.1 Å². The Labute approximate surface area is 195 Å². The van der Waals surface area contributed by atoms with Crippen molar-refractivity contribution < 1.29 is 0 Å². The molecule has 2 fully saturated rings. The van der Waals surface area contributed by atoms with Crippen LogP contribution in [0.15, 0.2) is 35.1 Å². The Kier molecular flexibility index (Phi) is 6.49. The van der Waals surface area contributed by atoms with Gasteiger partial charge in [-0.2, -0.15) is 4.98 Å². The summed E-state index contributed by atoms with van der Waals surface area (Å²) < 4.78 is 3.81. The van der Waals surface area contributed by atoms with Crippen molar-refractivity contribution in [1.82, 2.24) is 19.1 Å². The van der Waals surface area contributed by atoms with Gasteiger partial charge >= 0.3 is 0 Å². The highest BCUT2D eigenvalue weighted by molar-refractivity contribution is 5.74. The third-order valence-corrected chi connectivity index (χ3v) is 7.48. The second-order valence-electron chi connectivity index (χ2n) is 9.94. The van der Waals surface area contributed by atoms with Crippen LogP contribution in [-0.2, 0) is 20.0 Å². The molecule has 1 aromatic carbocycles. The fourth-order valence-electron chi connectivity index (χ4n) is 5.57. The predicted molar refractivity (Wildman–Crippen MR) is 133 cm³/mol. The van der Waals surface area contributed by atoms with Crippen LogP contribution in [0, 0.1) is 5.92 Å². The normalized spacial score (nSPS) is 19.9. The highest BCUT2D eigenvalue weighted by atomic mass is 16.1. The fraction of sp³-hybridized carbons (Fsp3) is 0.577. The number of benzene rings is 1. The number of hydrogen-bond donors (Lipinski definition) is 1. The van der Waals surface area contributed by atoms with E-state index in [-0.39, 0.29) is 11.6 Å². The van der Waals surface area contributed by atoms with E-state index in [1.165, 1.54) is 32.1 Å². The van der Waals surface area contributed by atoms with Crippen LogP contribution in [0.4, 0.5) is 5.95 Å². The van der Waals surface area contributed by atoms with Crippen LogP contribution in [0.25, 0.3) is 11.2 Å². The van der Waals surface area contributed by atoms with E-state index in [1.54, 1.807) is 4.57 Å². The number of nitrogens with two attached hydrogens (primary N) is 1. The van der Waals surface area contributed by atoms with Gasteiger partial charge in [-0.1, -0.05) is 62.4 Å². The number of aryl methyl sites for hydroxylation is 1. The van der Waals surface area contributed by atoms with Gasteiger partial charge in [0.1, 0.15) is 5.82 Å². The first-order valence-electron chi connectivity index (χ1n) is 12.6. The van der Waals surface area contributed by atoms with Crippen LogP contribution in [-0.4, -0.2) is 38.2 Å². The van der Waals surface area contributed by atoms with Gasteiger partial charge in [0.15, 0.2) is 11.2 Å². The summed E-state index contributed by atoms with van der Waals surface area (Å²) >= 11 is 0. The molecule has 1 saturated carbocycles. The summed E-state index contributed by atoms with van der Waals surface area (Å²) in [6.45, 7) is 2.25. The van der Waals surface area contributed by atoms with Crippen LogP contribution in [0.2, 0.25) is 0 Å². The molecule has 1 unspecified atom stereocenters. The lowest BCUT2D eigenvalue weighted by Crippen LogP contribution is -2.44. The number of rotatable bonds is 6. The predicted octanol–water partition coefficient (Wildman–Crippen LogP) is 3.62. The van der Waals surface area contributed by atoms with Gasteiger partial charge in [0, 0.05) is 32.6 Å². The van der Waals surface area contributed by atoms with Crippen LogP contribution < -0.4 is 16.2 Å². The minimum Gasteiger partial charge on any atom is -0.341 e. The largest absolute Gasteiger partial charge is 0.341 e. The zero-order valence-corrected chi connectivity index (χ0v) is 19.7. The maximum Gasteiger partial charge on any atom is 0.279 e. The first-order chi connectivity index (χ1) is 16.1. The summed E-state index contributed by atoms with van der Waals surface area (Å²) in [5.74, 6) is 2.43. The molecular formula is C26H36N6O. The minimum absolute atomic E-state index is 0.00497. The smallest absolute Gasteiger partial charge is 0.279 e. The number of hydrogen-bond acceptors (Lipinski definition) is 5. The van der Waals surface area contributed by atoms with Crippen molar-refractivity contribution in [3.63, 3.8) is 0 Å². The Hall–Kier alpha value is -2.67. The average Bonchev–Trinajstić information content (AvgIpc) is 3.20. The highest BCUT2D eigenvalue weighted by Gasteiger charge is 2.26. The van der Waals surface area contributed by atoms with Gasteiger partial charge in [0.2, 0.25) is 5.95 Å². The summed E-state index contributed by atoms with van der Waals surface area (Å²) in [5, 5.41) is 0. The SMILES string of the molecule is Cn1c(CCC2CCCCC2)nc2nc(N3CCCC(N)C3)n(Cc3ccccc3)c2c1=O. The number of anilines is 1. The van der Waals surface area contributed by atoms with Crippen molar-refractivity contribution in [2.24, 2.45) is 18.7 Å². The molecule has 1 saturated heterocycles. The molecule has 0 spiro atoms. The molecule has 0 bridgehead atoms. The summed E-state index contributed by atoms with van der Waals surface area (Å²) in [6, 6.07) is 10.4. The van der Waals surface area contributed by atoms with E-state index in [4.69, 9.17) is 15.7 Å². The molecule has 5 rings (SSSR count). The summed E-state index contributed by atoms with van der Waals surface area (Å²) in [6.07, 6.45) is 10.6. The molecule has 0 amide bonds. The van der Waals surface area contributed by atoms with Gasteiger partial charge in [-0.05, 0) is 30.7 Å². The second kappa shape index (κ2) is 9.67. The Morgan fingerprint density at radius 1 is 1.03 bits per heavy atom. The van der Waals surface area contributed by atoms with Crippen molar-refractivity contribution >= 4 is 17.1 Å². The van der Waals surface area contributed by atoms with Crippen LogP contribution in [0.1, 0.15) is 62.8 Å². The third-order valence-electron chi connectivity index (χ3n) is 7.48. The van der Waals surface area contributed by atoms with Gasteiger partial charge in [-0.25, -0.2) is 4.98 Å². The topological polar surface area (TPSA) is 82.0 Å². The van der Waals surface area contributed by atoms with Gasteiger partial charge in [-0.3, -0.25) is 13.9 Å². The van der Waals surface area contributed by atoms with Gasteiger partial charge in [0.05, 0.1) is 6.54 Å². The molecule has 3 heterocycles. The molecule has 7 heteroatoms. The van der Waals surface area contributed by atoms with E-state index in [9.17, 15) is 4.79 Å². The molecule has 2 aromatic heterocycles. The molecule has 33 heavy (non-hydrogen) atoms. The molecule has 2 N–H and O–H groups in total. The number of aromatic nitrogens is 4. The maximum atomic E-state index is 13.6. The lowest BCUT2D eigenvalue weighted by molar-refractivity contribution is 0.336. The number of nitrogens with zero attached hydrogens (tertiary/aromatic N) is 5. The van der Waals surface area contributed by atoms with Gasteiger partial charge < -0.3 is 10.6 Å². The zero-order valence-electron chi connectivity index (χ0n) is 19.7. The van der Waals surface area contributed by atoms with Crippen LogP contribution >= 0.6 is 0 Å². The number of piperidine rings is 1. The monoisotopic (exact) mass is 448 g/mol. The fourth-order valence-corrected chi connectivity index (χ4v) is 5.57. The Morgan fingerprint density at radius 3 is 2.58 bits per heavy atom. The van der Waals surface area contributed by atoms with Crippen molar-refractivity contribution in [2.45, 2.75) is 70.4 Å². The third kappa shape index (κ3) is 4.69. The summed E-state index contributed by atoms with van der Waals surface area (Å²) in [4.78, 5) is 25.7. The molecule has 1 atom stereocenters. The minimum atomic E-state index is -0.00497. The molecule has 1 aliphatic heterocycles. The van der Waals surface area contributed by atoms with E-state index in [1.807, 2.05) is 25.2 Å². The molecule has 2 aliphatic rings. The van der Waals surface area contributed by atoms with Crippen molar-refractivity contribution in [2.75, 3.05) is 18.0 Å². The van der Waals surface area contributed by atoms with E-state index < -0.39 is 0 Å². The Bertz CT molecular complexity index is 1150. The molecule has 176 valence electrons. The van der Waals surface area contributed by atoms with Gasteiger partial charge in [0.25, 0.3) is 5.56 Å². The van der Waals surface area contributed by atoms with E-state index in [0.717, 1.165) is 62.0 Å². The molecular weight excluding hydrogens is 412 g/mol. The van der Waals surface area contributed by atoms with E-state index in [2.05, 4.69) is 21.6 Å². The first kappa shape index (κ1) is 22.1. The summed E-state index contributed by atoms with van der Waals surface area (Å²) in [7, 11) is 1.86. The molecule has 1 aliphatic carbocycles. The Morgan fingerprint density at radius 2 is 1.82 bits per heavy atom. The zero-order chi connectivity index (χ0) is 22.8. The quantitative estimate of drug-likeness (QED) is 0.623. The van der Waals surface area contributed by atoms with Crippen molar-refractivity contribution in [3.8, 4) is 0 Å². The number of fused-ring (bicyclic) bond motifs is 1. The van der Waals surface area contributed by atoms with Gasteiger partial charge in [-0.15, -0.1) is 0 Å². The first-order valence-corrected chi connectivity index (χ1v) is 12.6. The lowest BCUT2D eigenvalue weighted by Gasteiger charge is -2.31. The van der Waals surface area contributed by atoms with E-state index in [0.29, 0.717) is 17.7 Å². The second-order valence-corrected chi connectivity index (χ2v) is 9.94. The molecule has 7 nitrogen and oxygen atoms in total. The standard InChI is InChI=1S/C26H36N6O/c1-30-22(15-14-19-9-4-2-5-10-19)28-24-23(25(30)33)32(17-20-11-6-3-7-12-20)26(29-24)31-16-8-13-21(27)18-31/h3,6-7,11-12,19,21H,2,4-5,8-10,13-18,27H2,1H3. The molecule has 0 radical (unpaired) electrons. The lowest BCUT2D eigenvalue weighted by atomic mass is 9.86. The Balaban J connectivity index is 1.54. The van der Waals surface area contributed by atoms with Crippen LogP contribution in [0.5, 0.6) is 0 Å². The number of imidazole rings is 1.